The van der Waals surface area contributed by atoms with Crippen LogP contribution in [-0.2, 0) is 33.3 Å². The van der Waals surface area contributed by atoms with Gasteiger partial charge in [-0.3, -0.25) is 19.4 Å². The lowest BCUT2D eigenvalue weighted by Gasteiger charge is -2.23. The number of nitrogen functional groups attached to an aromatic ring is 1. The van der Waals surface area contributed by atoms with Crippen molar-refractivity contribution < 1.29 is 33.3 Å². The highest BCUT2D eigenvalue weighted by Gasteiger charge is 2.51. The number of carbonyl (C=O) groups excluding carboxylic acids is 3. The molecule has 142 valence electrons. The molecule has 2 heterocycles. The van der Waals surface area contributed by atoms with E-state index in [4.69, 9.17) is 24.7 Å². The van der Waals surface area contributed by atoms with Crippen LogP contribution in [0.2, 0.25) is 0 Å². The Morgan fingerprint density at radius 2 is 1.69 bits per heavy atom. The molecule has 0 spiro atoms. The Labute approximate surface area is 147 Å². The van der Waals surface area contributed by atoms with Crippen molar-refractivity contribution >= 4 is 23.9 Å². The van der Waals surface area contributed by atoms with E-state index in [0.29, 0.717) is 0 Å². The minimum atomic E-state index is -1.15. The predicted octanol–water partition coefficient (Wildman–Crippen LogP) is -1.39. The number of ether oxygens (including phenoxy) is 4. The van der Waals surface area contributed by atoms with E-state index in [9.17, 15) is 19.2 Å². The van der Waals surface area contributed by atoms with Gasteiger partial charge in [-0.25, -0.2) is 4.79 Å². The van der Waals surface area contributed by atoms with Gasteiger partial charge in [0.05, 0.1) is 0 Å². The normalized spacial score (nSPS) is 24.7. The Morgan fingerprint density at radius 3 is 2.23 bits per heavy atom. The second-order valence-corrected chi connectivity index (χ2v) is 5.44. The van der Waals surface area contributed by atoms with Crippen LogP contribution in [0.25, 0.3) is 0 Å². The third kappa shape index (κ3) is 4.75. The number of carbonyl (C=O) groups is 3. The van der Waals surface area contributed by atoms with Gasteiger partial charge in [-0.15, -0.1) is 0 Å². The van der Waals surface area contributed by atoms with Crippen molar-refractivity contribution in [3.8, 4) is 0 Å². The maximum atomic E-state index is 11.5. The second-order valence-electron chi connectivity index (χ2n) is 5.44. The van der Waals surface area contributed by atoms with Gasteiger partial charge in [0.25, 0.3) is 0 Å². The third-order valence-corrected chi connectivity index (χ3v) is 3.32. The van der Waals surface area contributed by atoms with Gasteiger partial charge >= 0.3 is 23.6 Å². The van der Waals surface area contributed by atoms with Gasteiger partial charge in [0.15, 0.2) is 18.3 Å². The Bertz CT molecular complexity index is 764. The van der Waals surface area contributed by atoms with Crippen molar-refractivity contribution in [1.29, 1.82) is 0 Å². The molecule has 1 aromatic heterocycles. The Morgan fingerprint density at radius 1 is 1.08 bits per heavy atom. The molecule has 1 aliphatic rings. The first-order valence-electron chi connectivity index (χ1n) is 7.54. The lowest BCUT2D eigenvalue weighted by atomic mass is 10.1. The summed E-state index contributed by atoms with van der Waals surface area (Å²) in [6, 6.07) is 0. The van der Waals surface area contributed by atoms with Gasteiger partial charge in [-0.05, 0) is 0 Å². The Hall–Kier alpha value is -3.02. The molecule has 0 bridgehead atoms. The number of hydrogen-bond acceptors (Lipinski definition) is 11. The fraction of sp³-hybridized carbons (Fsp3) is 0.571. The minimum absolute atomic E-state index is 0.0729. The van der Waals surface area contributed by atoms with Crippen LogP contribution in [0.4, 0.5) is 5.95 Å². The number of esters is 3. The molecule has 26 heavy (non-hydrogen) atoms. The highest BCUT2D eigenvalue weighted by atomic mass is 16.6. The molecule has 3 N–H and O–H groups in total. The summed E-state index contributed by atoms with van der Waals surface area (Å²) in [4.78, 5) is 55.1. The average Bonchev–Trinajstić information content (AvgIpc) is 2.81. The zero-order chi connectivity index (χ0) is 19.4. The van der Waals surface area contributed by atoms with Gasteiger partial charge in [-0.1, -0.05) is 0 Å². The summed E-state index contributed by atoms with van der Waals surface area (Å²) < 4.78 is 21.0. The lowest BCUT2D eigenvalue weighted by Crippen LogP contribution is -2.40. The molecule has 0 unspecified atom stereocenters. The number of hydrogen-bond donors (Lipinski definition) is 2. The van der Waals surface area contributed by atoms with Gasteiger partial charge in [0, 0.05) is 20.8 Å². The Kier molecular flexibility index (Phi) is 5.87. The first-order chi connectivity index (χ1) is 12.2. The standard InChI is InChI=1S/C14H18N4O8/c1-5(19)23-4-8-9(24-6(2)20)10(25-7(3)21)11(26-8)12-16-13(15)18-14(22)17-12/h8-11H,4H2,1-3H3,(H3,15,16,17,18,22)/t8-,9-,10-,11-/m1/s1. The number of nitrogens with zero attached hydrogens (tertiary/aromatic N) is 2. The molecule has 0 aromatic carbocycles. The molecule has 0 saturated carbocycles. The first kappa shape index (κ1) is 19.3. The maximum absolute atomic E-state index is 11.5. The van der Waals surface area contributed by atoms with Crippen molar-refractivity contribution in [3.63, 3.8) is 0 Å². The molecule has 0 amide bonds. The fourth-order valence-electron chi connectivity index (χ4n) is 2.49. The first-order valence-corrected chi connectivity index (χ1v) is 7.54. The number of anilines is 1. The van der Waals surface area contributed by atoms with Crippen LogP contribution in [0.1, 0.15) is 32.7 Å². The molecule has 1 aliphatic heterocycles. The van der Waals surface area contributed by atoms with Crippen molar-refractivity contribution in [2.24, 2.45) is 0 Å². The average molecular weight is 370 g/mol. The number of rotatable bonds is 5. The summed E-state index contributed by atoms with van der Waals surface area (Å²) in [5.41, 5.74) is 4.68. The fourth-order valence-corrected chi connectivity index (χ4v) is 2.49. The van der Waals surface area contributed by atoms with Crippen LogP contribution in [-0.4, -0.2) is 57.8 Å². The molecular formula is C14H18N4O8. The molecule has 1 aromatic rings. The van der Waals surface area contributed by atoms with E-state index in [2.05, 4.69) is 15.0 Å². The zero-order valence-corrected chi connectivity index (χ0v) is 14.3. The summed E-state index contributed by atoms with van der Waals surface area (Å²) in [7, 11) is 0. The van der Waals surface area contributed by atoms with Gasteiger partial charge in [0.1, 0.15) is 18.5 Å². The van der Waals surface area contributed by atoms with Crippen LogP contribution >= 0.6 is 0 Å². The van der Waals surface area contributed by atoms with Crippen LogP contribution < -0.4 is 11.4 Å². The minimum Gasteiger partial charge on any atom is -0.463 e. The van der Waals surface area contributed by atoms with Gasteiger partial charge < -0.3 is 24.7 Å². The van der Waals surface area contributed by atoms with Crippen molar-refractivity contribution in [2.75, 3.05) is 12.3 Å². The monoisotopic (exact) mass is 370 g/mol. The highest BCUT2D eigenvalue weighted by Crippen LogP contribution is 2.36. The third-order valence-electron chi connectivity index (χ3n) is 3.32. The quantitative estimate of drug-likeness (QED) is 0.461. The number of nitrogens with one attached hydrogen (secondary N) is 1. The van der Waals surface area contributed by atoms with E-state index in [1.165, 1.54) is 6.92 Å². The van der Waals surface area contributed by atoms with Crippen molar-refractivity contribution in [2.45, 2.75) is 45.2 Å². The summed E-state index contributed by atoms with van der Waals surface area (Å²) in [6.07, 6.45) is -4.33. The van der Waals surface area contributed by atoms with E-state index in [0.717, 1.165) is 13.8 Å². The number of nitrogens with two attached hydrogens (primary N) is 1. The van der Waals surface area contributed by atoms with Gasteiger partial charge in [0.2, 0.25) is 5.95 Å². The molecule has 4 atom stereocenters. The highest BCUT2D eigenvalue weighted by molar-refractivity contribution is 5.68. The SMILES string of the molecule is CC(=O)OC[C@H]1O[C@@H](c2nc(N)nc(=O)[nH]2)[C@H](OC(C)=O)[C@@H]1OC(C)=O. The van der Waals surface area contributed by atoms with Crippen molar-refractivity contribution in [1.82, 2.24) is 15.0 Å². The summed E-state index contributed by atoms with van der Waals surface area (Å²) in [6.45, 7) is 3.23. The zero-order valence-electron chi connectivity index (χ0n) is 14.3. The molecule has 0 radical (unpaired) electrons. The number of H-pyrrole nitrogens is 1. The molecule has 2 rings (SSSR count). The van der Waals surface area contributed by atoms with E-state index in [1.807, 2.05) is 0 Å². The van der Waals surface area contributed by atoms with Crippen LogP contribution in [0, 0.1) is 0 Å². The van der Waals surface area contributed by atoms with Crippen LogP contribution in [0.3, 0.4) is 0 Å². The molecule has 1 saturated heterocycles. The smallest absolute Gasteiger partial charge is 0.349 e. The van der Waals surface area contributed by atoms with E-state index in [1.54, 1.807) is 0 Å². The molecule has 12 heteroatoms. The number of aromatic nitrogens is 3. The summed E-state index contributed by atoms with van der Waals surface area (Å²) in [5, 5.41) is 0. The van der Waals surface area contributed by atoms with E-state index >= 15 is 0 Å². The molecule has 1 fully saturated rings. The van der Waals surface area contributed by atoms with Gasteiger partial charge in [-0.2, -0.15) is 9.97 Å². The summed E-state index contributed by atoms with van der Waals surface area (Å²) >= 11 is 0. The maximum Gasteiger partial charge on any atom is 0.349 e. The lowest BCUT2D eigenvalue weighted by molar-refractivity contribution is -0.165. The topological polar surface area (TPSA) is 173 Å². The van der Waals surface area contributed by atoms with Crippen LogP contribution in [0.5, 0.6) is 0 Å². The molecule has 12 nitrogen and oxygen atoms in total. The molecule has 0 aliphatic carbocycles. The van der Waals surface area contributed by atoms with E-state index in [-0.39, 0.29) is 18.4 Å². The van der Waals surface area contributed by atoms with Crippen LogP contribution in [0.15, 0.2) is 4.79 Å². The predicted molar refractivity (Wildman–Crippen MR) is 82.4 cm³/mol. The summed E-state index contributed by atoms with van der Waals surface area (Å²) in [5.74, 6) is -2.32. The van der Waals surface area contributed by atoms with Crippen molar-refractivity contribution in [3.05, 3.63) is 16.3 Å². The second kappa shape index (κ2) is 7.91. The Balaban J connectivity index is 2.40. The number of aromatic amines is 1. The molecular weight excluding hydrogens is 352 g/mol. The van der Waals surface area contributed by atoms with E-state index < -0.39 is 48.0 Å². The largest absolute Gasteiger partial charge is 0.463 e.